The lowest BCUT2D eigenvalue weighted by Gasteiger charge is -2.24. The van der Waals surface area contributed by atoms with Crippen molar-refractivity contribution >= 4 is 22.4 Å². The van der Waals surface area contributed by atoms with Crippen LogP contribution in [0.5, 0.6) is 0 Å². The minimum atomic E-state index is -0.136. The molecule has 1 N–H and O–H groups in total. The molecular weight excluding hydrogens is 296 g/mol. The summed E-state index contributed by atoms with van der Waals surface area (Å²) < 4.78 is 0. The molecule has 1 aromatic carbocycles. The largest absolute Gasteiger partial charge is 0.350 e. The van der Waals surface area contributed by atoms with Gasteiger partial charge in [-0.05, 0) is 31.0 Å². The van der Waals surface area contributed by atoms with E-state index in [1.54, 1.807) is 41.8 Å². The summed E-state index contributed by atoms with van der Waals surface area (Å²) in [5.41, 5.74) is 1.02. The van der Waals surface area contributed by atoms with Crippen molar-refractivity contribution < 1.29 is 4.79 Å². The molecule has 1 aliphatic heterocycles. The van der Waals surface area contributed by atoms with Crippen LogP contribution in [0.3, 0.4) is 0 Å². The van der Waals surface area contributed by atoms with Crippen LogP contribution < -0.4 is 10.2 Å². The lowest BCUT2D eigenvalue weighted by Crippen LogP contribution is -2.40. The number of thiazole rings is 1. The molecule has 0 radical (unpaired) electrons. The molecule has 0 spiro atoms. The zero-order valence-electron chi connectivity index (χ0n) is 12.0. The van der Waals surface area contributed by atoms with E-state index in [0.717, 1.165) is 24.5 Å². The van der Waals surface area contributed by atoms with Crippen molar-refractivity contribution in [3.05, 3.63) is 47.0 Å². The van der Waals surface area contributed by atoms with Crippen LogP contribution in [0.2, 0.25) is 0 Å². The third-order valence-electron chi connectivity index (χ3n) is 3.79. The van der Waals surface area contributed by atoms with E-state index < -0.39 is 0 Å². The Morgan fingerprint density at radius 1 is 1.55 bits per heavy atom. The van der Waals surface area contributed by atoms with Gasteiger partial charge in [0.2, 0.25) is 0 Å². The number of nitrogens with zero attached hydrogens (tertiary/aromatic N) is 3. The van der Waals surface area contributed by atoms with E-state index in [-0.39, 0.29) is 11.9 Å². The summed E-state index contributed by atoms with van der Waals surface area (Å²) in [5.74, 6) is -0.136. The molecule has 1 unspecified atom stereocenters. The first-order chi connectivity index (χ1) is 10.8. The van der Waals surface area contributed by atoms with Crippen LogP contribution in [0.15, 0.2) is 35.8 Å². The number of carbonyl (C=O) groups is 1. The highest BCUT2D eigenvalue weighted by atomic mass is 32.1. The van der Waals surface area contributed by atoms with Gasteiger partial charge in [-0.2, -0.15) is 5.26 Å². The number of anilines is 1. The van der Waals surface area contributed by atoms with Gasteiger partial charge in [0.05, 0.1) is 11.6 Å². The van der Waals surface area contributed by atoms with Crippen LogP contribution in [-0.2, 0) is 0 Å². The lowest BCUT2D eigenvalue weighted by molar-refractivity contribution is 0.0951. The van der Waals surface area contributed by atoms with Crippen molar-refractivity contribution in [2.45, 2.75) is 18.9 Å². The molecule has 2 heterocycles. The fraction of sp³-hybridized carbons (Fsp3) is 0.312. The summed E-state index contributed by atoms with van der Waals surface area (Å²) in [6.45, 7) is 1.58. The van der Waals surface area contributed by atoms with Gasteiger partial charge in [-0.25, -0.2) is 4.98 Å². The Morgan fingerprint density at radius 3 is 3.23 bits per heavy atom. The minimum absolute atomic E-state index is 0.136. The molecule has 22 heavy (non-hydrogen) atoms. The maximum Gasteiger partial charge on any atom is 0.251 e. The molecule has 1 fully saturated rings. The van der Waals surface area contributed by atoms with E-state index in [1.165, 1.54) is 0 Å². The Balaban J connectivity index is 1.62. The molecule has 112 valence electrons. The van der Waals surface area contributed by atoms with Crippen LogP contribution in [0, 0.1) is 11.3 Å². The van der Waals surface area contributed by atoms with Gasteiger partial charge in [0.25, 0.3) is 5.91 Å². The molecule has 6 heteroatoms. The highest BCUT2D eigenvalue weighted by Crippen LogP contribution is 2.26. The first kappa shape index (κ1) is 14.5. The average molecular weight is 312 g/mol. The predicted octanol–water partition coefficient (Wildman–Crippen LogP) is 2.41. The summed E-state index contributed by atoms with van der Waals surface area (Å²) in [7, 11) is 0. The topological polar surface area (TPSA) is 69.0 Å². The molecule has 1 aromatic heterocycles. The fourth-order valence-corrected chi connectivity index (χ4v) is 3.44. The zero-order chi connectivity index (χ0) is 15.4. The van der Waals surface area contributed by atoms with Crippen LogP contribution in [0.1, 0.15) is 28.8 Å². The maximum absolute atomic E-state index is 12.2. The van der Waals surface area contributed by atoms with Crippen molar-refractivity contribution in [3.8, 4) is 6.07 Å². The average Bonchev–Trinajstić information content (AvgIpc) is 3.23. The molecule has 1 atom stereocenters. The number of carbonyl (C=O) groups excluding carboxylic acids is 1. The van der Waals surface area contributed by atoms with Crippen LogP contribution in [0.4, 0.5) is 5.13 Å². The Labute approximate surface area is 133 Å². The van der Waals surface area contributed by atoms with Gasteiger partial charge >= 0.3 is 0 Å². The van der Waals surface area contributed by atoms with E-state index in [0.29, 0.717) is 17.7 Å². The summed E-state index contributed by atoms with van der Waals surface area (Å²) in [5, 5.41) is 14.8. The quantitative estimate of drug-likeness (QED) is 0.941. The number of benzene rings is 1. The van der Waals surface area contributed by atoms with Crippen molar-refractivity contribution in [1.29, 1.82) is 5.26 Å². The smallest absolute Gasteiger partial charge is 0.251 e. The van der Waals surface area contributed by atoms with Gasteiger partial charge in [-0.3, -0.25) is 4.79 Å². The minimum Gasteiger partial charge on any atom is -0.350 e. The lowest BCUT2D eigenvalue weighted by atomic mass is 10.1. The molecule has 0 bridgehead atoms. The first-order valence-corrected chi connectivity index (χ1v) is 8.10. The number of nitrogens with one attached hydrogen (secondary N) is 1. The highest BCUT2D eigenvalue weighted by molar-refractivity contribution is 7.13. The van der Waals surface area contributed by atoms with E-state index in [2.05, 4.69) is 15.2 Å². The SMILES string of the molecule is N#Cc1cccc(C(=O)NCC2CCCN2c2nccs2)c1. The zero-order valence-corrected chi connectivity index (χ0v) is 12.8. The van der Waals surface area contributed by atoms with Crippen LogP contribution in [0.25, 0.3) is 0 Å². The Bertz CT molecular complexity index is 692. The summed E-state index contributed by atoms with van der Waals surface area (Å²) in [6, 6.07) is 9.10. The van der Waals surface area contributed by atoms with Gasteiger partial charge < -0.3 is 10.2 Å². The van der Waals surface area contributed by atoms with Gasteiger partial charge in [-0.15, -0.1) is 11.3 Å². The second-order valence-electron chi connectivity index (χ2n) is 5.21. The van der Waals surface area contributed by atoms with Gasteiger partial charge in [0.15, 0.2) is 5.13 Å². The fourth-order valence-electron chi connectivity index (χ4n) is 2.70. The second kappa shape index (κ2) is 6.58. The van der Waals surface area contributed by atoms with E-state index in [1.807, 2.05) is 11.4 Å². The second-order valence-corrected chi connectivity index (χ2v) is 6.08. The normalized spacial score (nSPS) is 17.2. The van der Waals surface area contributed by atoms with E-state index in [9.17, 15) is 4.79 Å². The first-order valence-electron chi connectivity index (χ1n) is 7.22. The summed E-state index contributed by atoms with van der Waals surface area (Å²) in [6.07, 6.45) is 3.98. The molecule has 1 amide bonds. The van der Waals surface area contributed by atoms with Crippen molar-refractivity contribution in [3.63, 3.8) is 0 Å². The molecule has 0 saturated carbocycles. The van der Waals surface area contributed by atoms with Crippen molar-refractivity contribution in [1.82, 2.24) is 10.3 Å². The third-order valence-corrected chi connectivity index (χ3v) is 4.60. The van der Waals surface area contributed by atoms with Gasteiger partial charge in [0.1, 0.15) is 0 Å². The molecule has 0 aliphatic carbocycles. The van der Waals surface area contributed by atoms with Crippen molar-refractivity contribution in [2.75, 3.05) is 18.0 Å². The predicted molar refractivity (Wildman–Crippen MR) is 86.0 cm³/mol. The van der Waals surface area contributed by atoms with Gasteiger partial charge in [-0.1, -0.05) is 6.07 Å². The standard InChI is InChI=1S/C16H16N4OS/c17-10-12-3-1-4-13(9-12)15(21)19-11-14-5-2-7-20(14)16-18-6-8-22-16/h1,3-4,6,8-9,14H,2,5,7,11H2,(H,19,21). The number of nitriles is 1. The number of hydrogen-bond donors (Lipinski definition) is 1. The maximum atomic E-state index is 12.2. The molecule has 3 rings (SSSR count). The Hall–Kier alpha value is -2.39. The van der Waals surface area contributed by atoms with Crippen molar-refractivity contribution in [2.24, 2.45) is 0 Å². The van der Waals surface area contributed by atoms with Gasteiger partial charge in [0, 0.05) is 36.3 Å². The van der Waals surface area contributed by atoms with Crippen LogP contribution >= 0.6 is 11.3 Å². The van der Waals surface area contributed by atoms with Crippen LogP contribution in [-0.4, -0.2) is 30.0 Å². The third kappa shape index (κ3) is 3.10. The van der Waals surface area contributed by atoms with E-state index in [4.69, 9.17) is 5.26 Å². The Morgan fingerprint density at radius 2 is 2.45 bits per heavy atom. The summed E-state index contributed by atoms with van der Waals surface area (Å²) in [4.78, 5) is 18.8. The Kier molecular flexibility index (Phi) is 4.35. The molecular formula is C16H16N4OS. The monoisotopic (exact) mass is 312 g/mol. The molecule has 5 nitrogen and oxygen atoms in total. The number of amides is 1. The number of aromatic nitrogens is 1. The highest BCUT2D eigenvalue weighted by Gasteiger charge is 2.26. The molecule has 2 aromatic rings. The molecule has 1 saturated heterocycles. The molecule has 1 aliphatic rings. The summed E-state index contributed by atoms with van der Waals surface area (Å²) >= 11 is 1.63. The number of rotatable bonds is 4. The van der Waals surface area contributed by atoms with E-state index >= 15 is 0 Å². The number of hydrogen-bond acceptors (Lipinski definition) is 5.